The molecule has 5 nitrogen and oxygen atoms in total. The number of carbonyl (C=O) groups excluding carboxylic acids is 2. The van der Waals surface area contributed by atoms with Crippen LogP contribution in [0.3, 0.4) is 0 Å². The number of hydrogen-bond acceptors (Lipinski definition) is 3. The van der Waals surface area contributed by atoms with Crippen LogP contribution in [0.15, 0.2) is 24.8 Å². The molecule has 0 radical (unpaired) electrons. The van der Waals surface area contributed by atoms with Gasteiger partial charge in [0.05, 0.1) is 0 Å². The summed E-state index contributed by atoms with van der Waals surface area (Å²) in [7, 11) is 7.08. The second kappa shape index (κ2) is 11.5. The molecule has 92 valence electrons. The monoisotopic (exact) mass is 227 g/mol. The van der Waals surface area contributed by atoms with Gasteiger partial charge in [0.15, 0.2) is 0 Å². The molecule has 0 aromatic heterocycles. The molecule has 0 atom stereocenters. The van der Waals surface area contributed by atoms with Gasteiger partial charge in [0.25, 0.3) is 0 Å². The molecule has 0 aliphatic rings. The Balaban J connectivity index is 0. The highest BCUT2D eigenvalue weighted by Crippen LogP contribution is 1.76. The van der Waals surface area contributed by atoms with Crippen LogP contribution in [0.2, 0.25) is 0 Å². The van der Waals surface area contributed by atoms with E-state index in [1.54, 1.807) is 14.1 Å². The molecule has 2 amide bonds. The minimum Gasteiger partial charge on any atom is -0.356 e. The summed E-state index contributed by atoms with van der Waals surface area (Å²) in [6.07, 6.45) is 4.57. The molecule has 0 aliphatic carbocycles. The predicted molar refractivity (Wildman–Crippen MR) is 66.0 cm³/mol. The Morgan fingerprint density at radius 3 is 1.94 bits per heavy atom. The Bertz CT molecular complexity index is 248. The average molecular weight is 227 g/mol. The Morgan fingerprint density at radius 1 is 1.19 bits per heavy atom. The summed E-state index contributed by atoms with van der Waals surface area (Å²) in [5.74, 6) is -0.197. The molecular weight excluding hydrogens is 206 g/mol. The fourth-order valence-electron chi connectivity index (χ4n) is 0.556. The summed E-state index contributed by atoms with van der Waals surface area (Å²) >= 11 is 0. The smallest absolute Gasteiger partial charge is 0.243 e. The lowest BCUT2D eigenvalue weighted by molar-refractivity contribution is -0.116. The third kappa shape index (κ3) is 14.9. The van der Waals surface area contributed by atoms with Crippen molar-refractivity contribution in [1.29, 1.82) is 0 Å². The lowest BCUT2D eigenvalue weighted by Gasteiger charge is -2.02. The van der Waals surface area contributed by atoms with Crippen LogP contribution in [0.5, 0.6) is 0 Å². The van der Waals surface area contributed by atoms with E-state index in [9.17, 15) is 9.59 Å². The number of carbonyl (C=O) groups is 2. The molecule has 16 heavy (non-hydrogen) atoms. The van der Waals surface area contributed by atoms with Crippen molar-refractivity contribution >= 4 is 11.8 Å². The van der Waals surface area contributed by atoms with E-state index in [1.165, 1.54) is 12.2 Å². The van der Waals surface area contributed by atoms with Crippen molar-refractivity contribution in [3.63, 3.8) is 0 Å². The van der Waals surface area contributed by atoms with E-state index in [-0.39, 0.29) is 11.8 Å². The number of hydrogen-bond donors (Lipinski definition) is 2. The first-order valence-electron chi connectivity index (χ1n) is 4.85. The zero-order valence-corrected chi connectivity index (χ0v) is 10.4. The Labute approximate surface area is 97.2 Å². The molecule has 5 heteroatoms. The van der Waals surface area contributed by atoms with Crippen LogP contribution in [0.4, 0.5) is 0 Å². The van der Waals surface area contributed by atoms with E-state index >= 15 is 0 Å². The highest BCUT2D eigenvalue weighted by molar-refractivity contribution is 5.87. The highest BCUT2D eigenvalue weighted by atomic mass is 16.2. The summed E-state index contributed by atoms with van der Waals surface area (Å²) in [6.45, 7) is 4.02. The van der Waals surface area contributed by atoms with Crippen molar-refractivity contribution in [2.75, 3.05) is 34.7 Å². The number of amides is 2. The Morgan fingerprint density at radius 2 is 1.69 bits per heavy atom. The fraction of sp³-hybridized carbons (Fsp3) is 0.455. The largest absolute Gasteiger partial charge is 0.356 e. The summed E-state index contributed by atoms with van der Waals surface area (Å²) in [5, 5.41) is 4.85. The van der Waals surface area contributed by atoms with Crippen molar-refractivity contribution < 1.29 is 9.59 Å². The van der Waals surface area contributed by atoms with E-state index in [1.807, 2.05) is 25.1 Å². The minimum absolute atomic E-state index is 0.0538. The van der Waals surface area contributed by atoms with Crippen LogP contribution in [0.1, 0.15) is 0 Å². The molecule has 0 aromatic carbocycles. The summed E-state index contributed by atoms with van der Waals surface area (Å²) in [5.41, 5.74) is 0. The van der Waals surface area contributed by atoms with Gasteiger partial charge in [-0.3, -0.25) is 9.59 Å². The molecule has 0 unspecified atom stereocenters. The number of nitrogens with one attached hydrogen (secondary N) is 2. The van der Waals surface area contributed by atoms with Gasteiger partial charge >= 0.3 is 0 Å². The first-order chi connectivity index (χ1) is 7.47. The molecule has 0 spiro atoms. The van der Waals surface area contributed by atoms with E-state index in [4.69, 9.17) is 0 Å². The van der Waals surface area contributed by atoms with Crippen LogP contribution in [0, 0.1) is 0 Å². The first-order valence-corrected chi connectivity index (χ1v) is 4.85. The van der Waals surface area contributed by atoms with Gasteiger partial charge in [0.2, 0.25) is 11.8 Å². The lowest BCUT2D eigenvalue weighted by atomic mass is 10.4. The molecule has 0 aromatic rings. The maximum absolute atomic E-state index is 10.6. The van der Waals surface area contributed by atoms with Crippen molar-refractivity contribution in [2.45, 2.75) is 0 Å². The second-order valence-electron chi connectivity index (χ2n) is 3.10. The standard InChI is InChI=1S/C7H14N2O.C4H7NO/c1-8-7(10)5-4-6-9(2)3;1-3-4(6)5-2/h4-5H,6H2,1-3H3,(H,8,10);3H,1H2,2H3,(H,5,6)/b5-4+;. The molecule has 0 rings (SSSR count). The predicted octanol–water partition coefficient (Wildman–Crippen LogP) is -0.231. The van der Waals surface area contributed by atoms with E-state index in [0.29, 0.717) is 0 Å². The summed E-state index contributed by atoms with van der Waals surface area (Å²) in [6, 6.07) is 0. The van der Waals surface area contributed by atoms with Crippen LogP contribution in [-0.4, -0.2) is 51.4 Å². The summed E-state index contributed by atoms with van der Waals surface area (Å²) < 4.78 is 0. The average Bonchev–Trinajstić information content (AvgIpc) is 2.28. The third-order valence-electron chi connectivity index (χ3n) is 1.42. The van der Waals surface area contributed by atoms with Gasteiger partial charge in [-0.25, -0.2) is 0 Å². The molecule has 0 aliphatic heterocycles. The van der Waals surface area contributed by atoms with Crippen LogP contribution in [0.25, 0.3) is 0 Å². The molecule has 0 saturated heterocycles. The topological polar surface area (TPSA) is 61.4 Å². The SMILES string of the molecule is C=CC(=O)NC.CNC(=O)/C=C/CN(C)C. The van der Waals surface area contributed by atoms with Gasteiger partial charge in [-0.2, -0.15) is 0 Å². The number of nitrogens with zero attached hydrogens (tertiary/aromatic N) is 1. The quantitative estimate of drug-likeness (QED) is 0.652. The first kappa shape index (κ1) is 16.8. The molecule has 2 N–H and O–H groups in total. The van der Waals surface area contributed by atoms with Gasteiger partial charge in [0.1, 0.15) is 0 Å². The van der Waals surface area contributed by atoms with E-state index in [0.717, 1.165) is 6.54 Å². The van der Waals surface area contributed by atoms with Gasteiger partial charge in [-0.05, 0) is 20.2 Å². The molecular formula is C11H21N3O2. The molecule has 0 fully saturated rings. The van der Waals surface area contributed by atoms with Gasteiger partial charge in [-0.1, -0.05) is 12.7 Å². The Kier molecular flexibility index (Phi) is 12.0. The van der Waals surface area contributed by atoms with Gasteiger partial charge in [0, 0.05) is 26.7 Å². The zero-order chi connectivity index (χ0) is 13.0. The summed E-state index contributed by atoms with van der Waals surface area (Å²) in [4.78, 5) is 22.5. The van der Waals surface area contributed by atoms with Crippen LogP contribution >= 0.6 is 0 Å². The number of likely N-dealkylation sites (N-methyl/N-ethyl adjacent to an activating group) is 3. The van der Waals surface area contributed by atoms with Crippen LogP contribution in [-0.2, 0) is 9.59 Å². The minimum atomic E-state index is -0.144. The van der Waals surface area contributed by atoms with Crippen molar-refractivity contribution in [2.24, 2.45) is 0 Å². The molecule has 0 saturated carbocycles. The zero-order valence-electron chi connectivity index (χ0n) is 10.4. The molecule has 0 heterocycles. The molecule has 0 bridgehead atoms. The number of rotatable bonds is 4. The fourth-order valence-corrected chi connectivity index (χ4v) is 0.556. The highest BCUT2D eigenvalue weighted by Gasteiger charge is 1.87. The van der Waals surface area contributed by atoms with Crippen molar-refractivity contribution in [3.8, 4) is 0 Å². The maximum atomic E-state index is 10.6. The van der Waals surface area contributed by atoms with Gasteiger partial charge < -0.3 is 15.5 Å². The second-order valence-corrected chi connectivity index (χ2v) is 3.10. The lowest BCUT2D eigenvalue weighted by Crippen LogP contribution is -2.16. The van der Waals surface area contributed by atoms with Crippen molar-refractivity contribution in [3.05, 3.63) is 24.8 Å². The van der Waals surface area contributed by atoms with E-state index in [2.05, 4.69) is 17.2 Å². The van der Waals surface area contributed by atoms with Gasteiger partial charge in [-0.15, -0.1) is 0 Å². The van der Waals surface area contributed by atoms with Crippen LogP contribution < -0.4 is 10.6 Å². The normalized spacial score (nSPS) is 9.31. The van der Waals surface area contributed by atoms with E-state index < -0.39 is 0 Å². The Hall–Kier alpha value is -1.62. The maximum Gasteiger partial charge on any atom is 0.243 e. The third-order valence-corrected chi connectivity index (χ3v) is 1.42. The van der Waals surface area contributed by atoms with Crippen molar-refractivity contribution in [1.82, 2.24) is 15.5 Å².